The number of nitrogens with zero attached hydrogens (tertiary/aromatic N) is 2. The number of aryl methyl sites for hydroxylation is 1. The van der Waals surface area contributed by atoms with Crippen LogP contribution in [0.1, 0.15) is 37.7 Å². The average Bonchev–Trinajstić information content (AvgIpc) is 3.05. The summed E-state index contributed by atoms with van der Waals surface area (Å²) in [5.74, 6) is -0.295. The van der Waals surface area contributed by atoms with Crippen LogP contribution in [0.2, 0.25) is 0 Å². The molecule has 1 saturated heterocycles. The number of benzene rings is 2. The van der Waals surface area contributed by atoms with Gasteiger partial charge in [0.15, 0.2) is 0 Å². The Bertz CT molecular complexity index is 922. The van der Waals surface area contributed by atoms with Crippen LogP contribution in [0.3, 0.4) is 0 Å². The number of carbonyl (C=O) groups is 1. The van der Waals surface area contributed by atoms with Crippen molar-refractivity contribution in [1.82, 2.24) is 10.2 Å². The van der Waals surface area contributed by atoms with E-state index in [-0.39, 0.29) is 17.3 Å². The summed E-state index contributed by atoms with van der Waals surface area (Å²) in [4.78, 5) is 15.3. The van der Waals surface area contributed by atoms with Gasteiger partial charge in [-0.3, -0.25) is 9.10 Å². The number of carbonyl (C=O) groups excluding carboxylic acids is 1. The number of likely N-dealkylation sites (tertiary alicyclic amines) is 1. The fourth-order valence-electron chi connectivity index (χ4n) is 3.82. The third kappa shape index (κ3) is 6.80. The second kappa shape index (κ2) is 11.3. The number of rotatable bonds is 9. The first-order chi connectivity index (χ1) is 15.0. The molecule has 168 valence electrons. The fourth-order valence-corrected chi connectivity index (χ4v) is 5.26. The van der Waals surface area contributed by atoms with Crippen LogP contribution in [0.4, 0.5) is 5.69 Å². The van der Waals surface area contributed by atoms with E-state index in [9.17, 15) is 13.2 Å². The van der Waals surface area contributed by atoms with Crippen molar-refractivity contribution in [1.29, 1.82) is 0 Å². The van der Waals surface area contributed by atoms with E-state index in [1.54, 1.807) is 42.5 Å². The number of hydrogen-bond acceptors (Lipinski definition) is 4. The lowest BCUT2D eigenvalue weighted by Crippen LogP contribution is -2.41. The minimum Gasteiger partial charge on any atom is -0.354 e. The number of anilines is 1. The van der Waals surface area contributed by atoms with Crippen molar-refractivity contribution in [2.75, 3.05) is 37.0 Å². The summed E-state index contributed by atoms with van der Waals surface area (Å²) in [6.07, 6.45) is 5.96. The van der Waals surface area contributed by atoms with Crippen LogP contribution in [0, 0.1) is 6.92 Å². The van der Waals surface area contributed by atoms with Gasteiger partial charge in [0.05, 0.1) is 10.6 Å². The molecule has 0 aliphatic carbocycles. The summed E-state index contributed by atoms with van der Waals surface area (Å²) in [6.45, 7) is 5.46. The van der Waals surface area contributed by atoms with Gasteiger partial charge in [-0.05, 0) is 70.1 Å². The van der Waals surface area contributed by atoms with Gasteiger partial charge in [-0.15, -0.1) is 0 Å². The van der Waals surface area contributed by atoms with Crippen molar-refractivity contribution in [3.63, 3.8) is 0 Å². The summed E-state index contributed by atoms with van der Waals surface area (Å²) >= 11 is 0. The zero-order chi connectivity index (χ0) is 22.1. The van der Waals surface area contributed by atoms with Gasteiger partial charge < -0.3 is 10.2 Å². The van der Waals surface area contributed by atoms with Crippen LogP contribution in [-0.4, -0.2) is 51.9 Å². The standard InChI is InChI=1S/C24H33N3O3S/c1-21-12-14-22(15-13-21)27(31(29,30)23-10-5-4-6-11-23)20-24(28)25-16-9-19-26-17-7-2-3-8-18-26/h4-6,10-15H,2-3,7-9,16-20H2,1H3,(H,25,28). The van der Waals surface area contributed by atoms with E-state index < -0.39 is 10.0 Å². The molecule has 7 heteroatoms. The molecule has 0 spiro atoms. The summed E-state index contributed by atoms with van der Waals surface area (Å²) in [5.41, 5.74) is 1.51. The molecule has 3 rings (SSSR count). The highest BCUT2D eigenvalue weighted by Gasteiger charge is 2.27. The Hall–Kier alpha value is -2.38. The molecule has 0 aromatic heterocycles. The predicted octanol–water partition coefficient (Wildman–Crippen LogP) is 3.57. The van der Waals surface area contributed by atoms with Crippen molar-refractivity contribution >= 4 is 21.6 Å². The first-order valence-electron chi connectivity index (χ1n) is 11.1. The molecule has 1 amide bonds. The van der Waals surface area contributed by atoms with Crippen LogP contribution in [0.25, 0.3) is 0 Å². The van der Waals surface area contributed by atoms with Gasteiger partial charge in [0.25, 0.3) is 10.0 Å². The van der Waals surface area contributed by atoms with Gasteiger partial charge in [0, 0.05) is 6.54 Å². The fraction of sp³-hybridized carbons (Fsp3) is 0.458. The van der Waals surface area contributed by atoms with Crippen LogP contribution in [0.15, 0.2) is 59.5 Å². The Morgan fingerprint density at radius 1 is 0.968 bits per heavy atom. The lowest BCUT2D eigenvalue weighted by atomic mass is 10.2. The van der Waals surface area contributed by atoms with Crippen LogP contribution in [0.5, 0.6) is 0 Å². The first-order valence-corrected chi connectivity index (χ1v) is 12.5. The first kappa shape index (κ1) is 23.3. The van der Waals surface area contributed by atoms with Crippen LogP contribution in [-0.2, 0) is 14.8 Å². The van der Waals surface area contributed by atoms with E-state index in [2.05, 4.69) is 10.2 Å². The maximum absolute atomic E-state index is 13.3. The molecule has 31 heavy (non-hydrogen) atoms. The minimum absolute atomic E-state index is 0.171. The lowest BCUT2D eigenvalue weighted by molar-refractivity contribution is -0.119. The molecule has 2 aromatic carbocycles. The van der Waals surface area contributed by atoms with Crippen molar-refractivity contribution < 1.29 is 13.2 Å². The Morgan fingerprint density at radius 3 is 2.26 bits per heavy atom. The predicted molar refractivity (Wildman–Crippen MR) is 125 cm³/mol. The van der Waals surface area contributed by atoms with Crippen molar-refractivity contribution in [2.45, 2.75) is 43.9 Å². The molecule has 0 bridgehead atoms. The van der Waals surface area contributed by atoms with E-state index in [1.807, 2.05) is 19.1 Å². The molecular formula is C24H33N3O3S. The number of sulfonamides is 1. The van der Waals surface area contributed by atoms with Crippen molar-refractivity contribution in [3.05, 3.63) is 60.2 Å². The maximum Gasteiger partial charge on any atom is 0.264 e. The van der Waals surface area contributed by atoms with Gasteiger partial charge in [-0.25, -0.2) is 8.42 Å². The lowest BCUT2D eigenvalue weighted by Gasteiger charge is -2.24. The Kier molecular flexibility index (Phi) is 8.49. The quantitative estimate of drug-likeness (QED) is 0.602. The third-order valence-electron chi connectivity index (χ3n) is 5.61. The SMILES string of the molecule is Cc1ccc(N(CC(=O)NCCCN2CCCCCC2)S(=O)(=O)c2ccccc2)cc1. The van der Waals surface area contributed by atoms with E-state index in [1.165, 1.54) is 30.0 Å². The number of hydrogen-bond donors (Lipinski definition) is 1. The second-order valence-corrected chi connectivity index (χ2v) is 9.98. The van der Waals surface area contributed by atoms with E-state index in [0.717, 1.165) is 31.6 Å². The molecule has 0 unspecified atom stereocenters. The highest BCUT2D eigenvalue weighted by Crippen LogP contribution is 2.23. The molecule has 6 nitrogen and oxygen atoms in total. The summed E-state index contributed by atoms with van der Waals surface area (Å²) < 4.78 is 27.7. The summed E-state index contributed by atoms with van der Waals surface area (Å²) in [7, 11) is -3.85. The van der Waals surface area contributed by atoms with Gasteiger partial charge in [-0.2, -0.15) is 0 Å². The third-order valence-corrected chi connectivity index (χ3v) is 7.40. The molecule has 0 radical (unpaired) electrons. The molecule has 1 N–H and O–H groups in total. The summed E-state index contributed by atoms with van der Waals surface area (Å²) in [6, 6.07) is 15.4. The Balaban J connectivity index is 1.63. The normalized spacial score (nSPS) is 15.3. The maximum atomic E-state index is 13.3. The molecule has 1 aliphatic heterocycles. The molecule has 0 atom stereocenters. The van der Waals surface area contributed by atoms with Crippen molar-refractivity contribution in [3.8, 4) is 0 Å². The highest BCUT2D eigenvalue weighted by atomic mass is 32.2. The topological polar surface area (TPSA) is 69.7 Å². The molecule has 2 aromatic rings. The average molecular weight is 444 g/mol. The molecule has 1 fully saturated rings. The minimum atomic E-state index is -3.85. The molecule has 1 heterocycles. The zero-order valence-electron chi connectivity index (χ0n) is 18.3. The Labute approximate surface area is 186 Å². The van der Waals surface area contributed by atoms with Crippen molar-refractivity contribution in [2.24, 2.45) is 0 Å². The number of nitrogens with one attached hydrogen (secondary N) is 1. The van der Waals surface area contributed by atoms with E-state index in [0.29, 0.717) is 12.2 Å². The van der Waals surface area contributed by atoms with Crippen LogP contribution >= 0.6 is 0 Å². The highest BCUT2D eigenvalue weighted by molar-refractivity contribution is 7.92. The Morgan fingerprint density at radius 2 is 1.61 bits per heavy atom. The molecular weight excluding hydrogens is 410 g/mol. The summed E-state index contributed by atoms with van der Waals surface area (Å²) in [5, 5.41) is 2.90. The molecule has 0 saturated carbocycles. The largest absolute Gasteiger partial charge is 0.354 e. The van der Waals surface area contributed by atoms with Gasteiger partial charge in [-0.1, -0.05) is 48.7 Å². The van der Waals surface area contributed by atoms with Gasteiger partial charge >= 0.3 is 0 Å². The second-order valence-electron chi connectivity index (χ2n) is 8.12. The van der Waals surface area contributed by atoms with E-state index in [4.69, 9.17) is 0 Å². The molecule has 1 aliphatic rings. The zero-order valence-corrected chi connectivity index (χ0v) is 19.1. The monoisotopic (exact) mass is 443 g/mol. The van der Waals surface area contributed by atoms with Gasteiger partial charge in [0.1, 0.15) is 6.54 Å². The van der Waals surface area contributed by atoms with Crippen LogP contribution < -0.4 is 9.62 Å². The smallest absolute Gasteiger partial charge is 0.264 e. The number of amides is 1. The van der Waals surface area contributed by atoms with Gasteiger partial charge in [0.2, 0.25) is 5.91 Å². The van der Waals surface area contributed by atoms with E-state index >= 15 is 0 Å².